The minimum Gasteiger partial charge on any atom is -0.480 e. The van der Waals surface area contributed by atoms with Crippen LogP contribution in [0.5, 0.6) is 0 Å². The molecule has 1 spiro atoms. The lowest BCUT2D eigenvalue weighted by molar-refractivity contribution is -0.141. The quantitative estimate of drug-likeness (QED) is 0.752. The number of nitrogens with zero attached hydrogens (tertiary/aromatic N) is 1. The maximum Gasteiger partial charge on any atom is 0.410 e. The second kappa shape index (κ2) is 4.81. The molecule has 1 N–H and O–H groups in total. The summed E-state index contributed by atoms with van der Waals surface area (Å²) in [5.41, 5.74) is -0.576. The SMILES string of the molecule is CC(C)(C)OC(=O)N1C[Si]2(CCCC2)CC1C(=O)O. The summed E-state index contributed by atoms with van der Waals surface area (Å²) in [5, 5.41) is 9.35. The maximum absolute atomic E-state index is 12.2. The van der Waals surface area contributed by atoms with Gasteiger partial charge in [-0.05, 0) is 26.8 Å². The van der Waals surface area contributed by atoms with E-state index in [1.165, 1.54) is 17.7 Å². The first-order valence-electron chi connectivity index (χ1n) is 6.95. The summed E-state index contributed by atoms with van der Waals surface area (Å²) in [6.07, 6.45) is 2.59. The summed E-state index contributed by atoms with van der Waals surface area (Å²) in [7, 11) is -1.55. The third kappa shape index (κ3) is 3.10. The van der Waals surface area contributed by atoms with Crippen LogP contribution in [0.3, 0.4) is 0 Å². The van der Waals surface area contributed by atoms with Crippen LogP contribution in [0.2, 0.25) is 18.1 Å². The Bertz CT molecular complexity index is 385. The zero-order valence-corrected chi connectivity index (χ0v) is 12.9. The number of rotatable bonds is 1. The van der Waals surface area contributed by atoms with Crippen LogP contribution in [0.1, 0.15) is 33.6 Å². The largest absolute Gasteiger partial charge is 0.480 e. The minimum atomic E-state index is -1.55. The molecule has 5 nitrogen and oxygen atoms in total. The third-order valence-corrected chi connectivity index (χ3v) is 9.18. The molecular weight excluding hydrogens is 262 g/mol. The molecule has 0 saturated carbocycles. The fourth-order valence-electron chi connectivity index (χ4n) is 3.28. The summed E-state index contributed by atoms with van der Waals surface area (Å²) >= 11 is 0. The van der Waals surface area contributed by atoms with E-state index in [0.717, 1.165) is 12.1 Å². The van der Waals surface area contributed by atoms with Gasteiger partial charge in [-0.15, -0.1) is 0 Å². The minimum absolute atomic E-state index is 0.462. The average molecular weight is 285 g/mol. The third-order valence-electron chi connectivity index (χ3n) is 4.09. The highest BCUT2D eigenvalue weighted by Crippen LogP contribution is 2.41. The van der Waals surface area contributed by atoms with Gasteiger partial charge in [-0.1, -0.05) is 24.9 Å². The molecule has 0 radical (unpaired) electrons. The zero-order valence-electron chi connectivity index (χ0n) is 11.9. The van der Waals surface area contributed by atoms with E-state index in [1.54, 1.807) is 20.8 Å². The zero-order chi connectivity index (χ0) is 14.3. The molecule has 1 atom stereocenters. The Morgan fingerprint density at radius 1 is 1.26 bits per heavy atom. The van der Waals surface area contributed by atoms with Gasteiger partial charge < -0.3 is 9.84 Å². The molecule has 1 unspecified atom stereocenters. The van der Waals surface area contributed by atoms with Gasteiger partial charge in [0.15, 0.2) is 0 Å². The van der Waals surface area contributed by atoms with E-state index in [1.807, 2.05) is 0 Å². The van der Waals surface area contributed by atoms with E-state index in [2.05, 4.69) is 0 Å². The van der Waals surface area contributed by atoms with Gasteiger partial charge in [0.05, 0.1) is 8.07 Å². The van der Waals surface area contributed by atoms with E-state index in [0.29, 0.717) is 12.2 Å². The maximum atomic E-state index is 12.2. The molecule has 0 aromatic heterocycles. The number of amides is 1. The Balaban J connectivity index is 2.13. The van der Waals surface area contributed by atoms with Crippen molar-refractivity contribution in [2.45, 2.75) is 63.4 Å². The number of ether oxygens (including phenoxy) is 1. The monoisotopic (exact) mass is 285 g/mol. The topological polar surface area (TPSA) is 66.8 Å². The Morgan fingerprint density at radius 2 is 1.84 bits per heavy atom. The summed E-state index contributed by atoms with van der Waals surface area (Å²) in [6, 6.07) is 2.37. The van der Waals surface area contributed by atoms with Crippen LogP contribution >= 0.6 is 0 Å². The smallest absolute Gasteiger partial charge is 0.410 e. The summed E-state index contributed by atoms with van der Waals surface area (Å²) in [5.74, 6) is -0.887. The lowest BCUT2D eigenvalue weighted by Gasteiger charge is -2.27. The van der Waals surface area contributed by atoms with Crippen molar-refractivity contribution in [2.24, 2.45) is 0 Å². The van der Waals surface area contributed by atoms with Crippen LogP contribution in [0.15, 0.2) is 0 Å². The van der Waals surface area contributed by atoms with E-state index in [4.69, 9.17) is 4.74 Å². The second-order valence-electron chi connectivity index (χ2n) is 6.87. The number of aliphatic carboxylic acids is 1. The van der Waals surface area contributed by atoms with Gasteiger partial charge in [0.2, 0.25) is 0 Å². The molecule has 2 rings (SSSR count). The van der Waals surface area contributed by atoms with E-state index >= 15 is 0 Å². The van der Waals surface area contributed by atoms with Crippen LogP contribution in [0.4, 0.5) is 4.79 Å². The highest BCUT2D eigenvalue weighted by Gasteiger charge is 2.52. The summed E-state index contributed by atoms with van der Waals surface area (Å²) in [4.78, 5) is 25.1. The van der Waals surface area contributed by atoms with Crippen LogP contribution in [-0.2, 0) is 9.53 Å². The number of hydrogen-bond donors (Lipinski definition) is 1. The van der Waals surface area contributed by atoms with Gasteiger partial charge in [-0.3, -0.25) is 4.90 Å². The lowest BCUT2D eigenvalue weighted by atomic mass is 10.2. The predicted octanol–water partition coefficient (Wildman–Crippen LogP) is 2.47. The van der Waals surface area contributed by atoms with E-state index < -0.39 is 31.8 Å². The molecule has 0 aromatic rings. The Morgan fingerprint density at radius 3 is 2.32 bits per heavy atom. The molecule has 0 bridgehead atoms. The molecule has 2 aliphatic heterocycles. The molecule has 6 heteroatoms. The van der Waals surface area contributed by atoms with Crippen LogP contribution in [-0.4, -0.2) is 48.0 Å². The van der Waals surface area contributed by atoms with Crippen LogP contribution < -0.4 is 0 Å². The van der Waals surface area contributed by atoms with Gasteiger partial charge in [-0.2, -0.15) is 0 Å². The average Bonchev–Trinajstić information content (AvgIpc) is 2.84. The van der Waals surface area contributed by atoms with Crippen molar-refractivity contribution >= 4 is 20.1 Å². The van der Waals surface area contributed by atoms with Crippen molar-refractivity contribution in [3.05, 3.63) is 0 Å². The molecule has 2 aliphatic rings. The van der Waals surface area contributed by atoms with Crippen molar-refractivity contribution in [3.8, 4) is 0 Å². The first kappa shape index (κ1) is 14.4. The van der Waals surface area contributed by atoms with Crippen molar-refractivity contribution in [3.63, 3.8) is 0 Å². The van der Waals surface area contributed by atoms with Gasteiger partial charge in [-0.25, -0.2) is 9.59 Å². The van der Waals surface area contributed by atoms with Gasteiger partial charge in [0, 0.05) is 6.17 Å². The Labute approximate surface area is 114 Å². The number of carboxylic acids is 1. The molecule has 2 saturated heterocycles. The second-order valence-corrected chi connectivity index (χ2v) is 11.6. The van der Waals surface area contributed by atoms with Gasteiger partial charge in [0.25, 0.3) is 0 Å². The van der Waals surface area contributed by atoms with Crippen LogP contribution in [0.25, 0.3) is 0 Å². The van der Waals surface area contributed by atoms with Crippen molar-refractivity contribution in [1.82, 2.24) is 4.90 Å². The molecule has 0 aromatic carbocycles. The fraction of sp³-hybridized carbons (Fsp3) is 0.846. The van der Waals surface area contributed by atoms with E-state index in [9.17, 15) is 14.7 Å². The molecular formula is C13H23NO4Si. The predicted molar refractivity (Wildman–Crippen MR) is 73.8 cm³/mol. The molecule has 108 valence electrons. The summed E-state index contributed by atoms with van der Waals surface area (Å²) < 4.78 is 5.35. The van der Waals surface area contributed by atoms with Crippen LogP contribution in [0, 0.1) is 0 Å². The van der Waals surface area contributed by atoms with E-state index in [-0.39, 0.29) is 0 Å². The molecule has 2 fully saturated rings. The molecule has 2 heterocycles. The number of carboxylic acid groups (broad SMARTS) is 1. The first-order valence-corrected chi connectivity index (χ1v) is 9.78. The molecule has 0 aliphatic carbocycles. The Kier molecular flexibility index (Phi) is 3.64. The standard InChI is InChI=1S/C13H23NO4Si/c1-13(2,3)18-12(17)14-9-19(6-4-5-7-19)8-10(14)11(15)16/h10H,4-9H2,1-3H3,(H,15,16). The number of carbonyl (C=O) groups is 2. The van der Waals surface area contributed by atoms with Gasteiger partial charge in [0.1, 0.15) is 11.6 Å². The highest BCUT2D eigenvalue weighted by atomic mass is 28.3. The van der Waals surface area contributed by atoms with Gasteiger partial charge >= 0.3 is 12.1 Å². The Hall–Kier alpha value is -1.04. The highest BCUT2D eigenvalue weighted by molar-refractivity contribution is 6.82. The lowest BCUT2D eigenvalue weighted by Crippen LogP contribution is -2.44. The van der Waals surface area contributed by atoms with Crippen molar-refractivity contribution in [1.29, 1.82) is 0 Å². The molecule has 19 heavy (non-hydrogen) atoms. The van der Waals surface area contributed by atoms with Crippen molar-refractivity contribution < 1.29 is 19.4 Å². The number of hydrogen-bond acceptors (Lipinski definition) is 3. The fourth-order valence-corrected chi connectivity index (χ4v) is 8.67. The first-order chi connectivity index (χ1) is 8.72. The summed E-state index contributed by atoms with van der Waals surface area (Å²) in [6.45, 7) is 5.42. The number of carbonyl (C=O) groups excluding carboxylic acids is 1. The normalized spacial score (nSPS) is 25.8. The van der Waals surface area contributed by atoms with Crippen molar-refractivity contribution in [2.75, 3.05) is 6.17 Å². The molecule has 1 amide bonds.